The van der Waals surface area contributed by atoms with Crippen molar-refractivity contribution < 1.29 is 24.1 Å². The molecule has 6 nitrogen and oxygen atoms in total. The third-order valence-electron chi connectivity index (χ3n) is 4.61. The number of aromatic hydroxyl groups is 1. The first-order valence-corrected chi connectivity index (χ1v) is 8.04. The Hall–Kier alpha value is -1.50. The minimum atomic E-state index is -0.192. The second kappa shape index (κ2) is 6.95. The molecule has 0 aromatic heterocycles. The molecule has 0 aliphatic carbocycles. The first-order chi connectivity index (χ1) is 11.2. The van der Waals surface area contributed by atoms with E-state index in [2.05, 4.69) is 4.90 Å². The summed E-state index contributed by atoms with van der Waals surface area (Å²) < 4.78 is 22.1. The molecule has 3 rings (SSSR count). The van der Waals surface area contributed by atoms with Crippen molar-refractivity contribution in [3.05, 3.63) is 17.7 Å². The SMILES string of the molecule is COc1ccc(CN2CCOC3(CCCOC3)C2)c(O)c1OC. The molecule has 128 valence electrons. The fourth-order valence-corrected chi connectivity index (χ4v) is 3.44. The molecular weight excluding hydrogens is 298 g/mol. The molecule has 0 bridgehead atoms. The molecule has 1 aromatic carbocycles. The average Bonchev–Trinajstić information content (AvgIpc) is 2.57. The molecule has 0 amide bonds. The molecule has 2 aliphatic heterocycles. The van der Waals surface area contributed by atoms with Crippen LogP contribution in [0.15, 0.2) is 12.1 Å². The van der Waals surface area contributed by atoms with E-state index in [0.29, 0.717) is 31.3 Å². The zero-order valence-corrected chi connectivity index (χ0v) is 13.8. The maximum absolute atomic E-state index is 10.4. The number of ether oxygens (including phenoxy) is 4. The van der Waals surface area contributed by atoms with E-state index in [9.17, 15) is 5.11 Å². The van der Waals surface area contributed by atoms with Crippen molar-refractivity contribution in [3.8, 4) is 17.2 Å². The van der Waals surface area contributed by atoms with E-state index in [4.69, 9.17) is 18.9 Å². The molecule has 1 aromatic rings. The maximum atomic E-state index is 10.4. The van der Waals surface area contributed by atoms with Gasteiger partial charge in [-0.15, -0.1) is 0 Å². The molecule has 2 aliphatic rings. The van der Waals surface area contributed by atoms with Crippen LogP contribution in [-0.2, 0) is 16.0 Å². The molecule has 2 heterocycles. The van der Waals surface area contributed by atoms with Gasteiger partial charge in [-0.2, -0.15) is 0 Å². The van der Waals surface area contributed by atoms with Crippen molar-refractivity contribution in [1.29, 1.82) is 0 Å². The fraction of sp³-hybridized carbons (Fsp3) is 0.647. The molecule has 2 fully saturated rings. The highest BCUT2D eigenvalue weighted by atomic mass is 16.5. The summed E-state index contributed by atoms with van der Waals surface area (Å²) in [6.07, 6.45) is 2.07. The van der Waals surface area contributed by atoms with Crippen molar-refractivity contribution >= 4 is 0 Å². The molecule has 1 atom stereocenters. The Morgan fingerprint density at radius 3 is 2.83 bits per heavy atom. The first-order valence-electron chi connectivity index (χ1n) is 8.04. The van der Waals surface area contributed by atoms with Crippen LogP contribution in [0, 0.1) is 0 Å². The van der Waals surface area contributed by atoms with Crippen molar-refractivity contribution in [2.45, 2.75) is 25.0 Å². The summed E-state index contributed by atoms with van der Waals surface area (Å²) >= 11 is 0. The van der Waals surface area contributed by atoms with Crippen molar-refractivity contribution in [3.63, 3.8) is 0 Å². The smallest absolute Gasteiger partial charge is 0.203 e. The summed E-state index contributed by atoms with van der Waals surface area (Å²) in [6.45, 7) is 4.48. The van der Waals surface area contributed by atoms with Crippen LogP contribution in [0.1, 0.15) is 18.4 Å². The highest BCUT2D eigenvalue weighted by Crippen LogP contribution is 2.39. The van der Waals surface area contributed by atoms with Gasteiger partial charge in [0.2, 0.25) is 5.75 Å². The Morgan fingerprint density at radius 2 is 2.13 bits per heavy atom. The van der Waals surface area contributed by atoms with E-state index < -0.39 is 0 Å². The van der Waals surface area contributed by atoms with Gasteiger partial charge in [-0.1, -0.05) is 6.07 Å². The number of phenolic OH excluding ortho intramolecular Hbond substituents is 1. The number of hydrogen-bond donors (Lipinski definition) is 1. The van der Waals surface area contributed by atoms with Gasteiger partial charge in [0.15, 0.2) is 11.5 Å². The molecule has 1 spiro atoms. The Balaban J connectivity index is 1.74. The van der Waals surface area contributed by atoms with Crippen LogP contribution in [-0.4, -0.2) is 62.7 Å². The van der Waals surface area contributed by atoms with Crippen molar-refractivity contribution in [1.82, 2.24) is 4.90 Å². The number of methoxy groups -OCH3 is 2. The van der Waals surface area contributed by atoms with Gasteiger partial charge in [0.1, 0.15) is 5.60 Å². The standard InChI is InChI=1S/C17H25NO5/c1-20-14-5-4-13(15(19)16(14)21-2)10-18-7-9-23-17(11-18)6-3-8-22-12-17/h4-5,19H,3,6-12H2,1-2H3. The summed E-state index contributed by atoms with van der Waals surface area (Å²) in [5.74, 6) is 1.06. The van der Waals surface area contributed by atoms with Crippen molar-refractivity contribution in [2.75, 3.05) is 47.1 Å². The fourth-order valence-electron chi connectivity index (χ4n) is 3.44. The molecular formula is C17H25NO5. The predicted molar refractivity (Wildman–Crippen MR) is 85.2 cm³/mol. The molecule has 0 saturated carbocycles. The summed E-state index contributed by atoms with van der Waals surface area (Å²) in [6, 6.07) is 3.71. The second-order valence-corrected chi connectivity index (χ2v) is 6.21. The molecule has 0 radical (unpaired) electrons. The molecule has 1 unspecified atom stereocenters. The van der Waals surface area contributed by atoms with Crippen LogP contribution >= 0.6 is 0 Å². The average molecular weight is 323 g/mol. The van der Waals surface area contributed by atoms with Crippen molar-refractivity contribution in [2.24, 2.45) is 0 Å². The number of rotatable bonds is 4. The van der Waals surface area contributed by atoms with Gasteiger partial charge >= 0.3 is 0 Å². The summed E-state index contributed by atoms with van der Waals surface area (Å²) in [5.41, 5.74) is 0.638. The second-order valence-electron chi connectivity index (χ2n) is 6.21. The number of nitrogens with zero attached hydrogens (tertiary/aromatic N) is 1. The topological polar surface area (TPSA) is 60.4 Å². The van der Waals surface area contributed by atoms with E-state index in [1.54, 1.807) is 7.11 Å². The monoisotopic (exact) mass is 323 g/mol. The molecule has 2 saturated heterocycles. The highest BCUT2D eigenvalue weighted by Gasteiger charge is 2.38. The largest absolute Gasteiger partial charge is 0.504 e. The van der Waals surface area contributed by atoms with E-state index in [-0.39, 0.29) is 11.4 Å². The van der Waals surface area contributed by atoms with Crippen LogP contribution in [0.5, 0.6) is 17.2 Å². The number of morpholine rings is 1. The van der Waals surface area contributed by atoms with E-state index in [1.165, 1.54) is 7.11 Å². The lowest BCUT2D eigenvalue weighted by atomic mass is 9.94. The Kier molecular flexibility index (Phi) is 4.94. The van der Waals surface area contributed by atoms with Gasteiger partial charge in [0.05, 0.1) is 27.4 Å². The quantitative estimate of drug-likeness (QED) is 0.912. The lowest BCUT2D eigenvalue weighted by Gasteiger charge is -2.44. The minimum Gasteiger partial charge on any atom is -0.504 e. The minimum absolute atomic E-state index is 0.146. The maximum Gasteiger partial charge on any atom is 0.203 e. The molecule has 23 heavy (non-hydrogen) atoms. The number of hydrogen-bond acceptors (Lipinski definition) is 6. The lowest BCUT2D eigenvalue weighted by molar-refractivity contribution is -0.169. The highest BCUT2D eigenvalue weighted by molar-refractivity contribution is 5.54. The van der Waals surface area contributed by atoms with Gasteiger partial charge in [0, 0.05) is 31.8 Å². The Labute approximate surface area is 136 Å². The van der Waals surface area contributed by atoms with Gasteiger partial charge in [-0.3, -0.25) is 4.90 Å². The predicted octanol–water partition coefficient (Wildman–Crippen LogP) is 1.79. The number of phenols is 1. The molecule has 6 heteroatoms. The van der Waals surface area contributed by atoms with Crippen LogP contribution in [0.4, 0.5) is 0 Å². The zero-order valence-electron chi connectivity index (χ0n) is 13.8. The van der Waals surface area contributed by atoms with Crippen LogP contribution in [0.3, 0.4) is 0 Å². The Bertz CT molecular complexity index is 537. The van der Waals surface area contributed by atoms with Crippen LogP contribution < -0.4 is 9.47 Å². The third kappa shape index (κ3) is 3.39. The van der Waals surface area contributed by atoms with E-state index in [0.717, 1.165) is 38.1 Å². The third-order valence-corrected chi connectivity index (χ3v) is 4.61. The Morgan fingerprint density at radius 1 is 1.26 bits per heavy atom. The van der Waals surface area contributed by atoms with Gasteiger partial charge < -0.3 is 24.1 Å². The van der Waals surface area contributed by atoms with Crippen LogP contribution in [0.25, 0.3) is 0 Å². The zero-order chi connectivity index (χ0) is 16.3. The lowest BCUT2D eigenvalue weighted by Crippen LogP contribution is -2.55. The summed E-state index contributed by atoms with van der Waals surface area (Å²) in [4.78, 5) is 2.30. The summed E-state index contributed by atoms with van der Waals surface area (Å²) in [5, 5.41) is 10.4. The van der Waals surface area contributed by atoms with Gasteiger partial charge in [-0.05, 0) is 18.9 Å². The number of benzene rings is 1. The van der Waals surface area contributed by atoms with Gasteiger partial charge in [-0.25, -0.2) is 0 Å². The molecule has 1 N–H and O–H groups in total. The first kappa shape index (κ1) is 16.4. The van der Waals surface area contributed by atoms with E-state index >= 15 is 0 Å². The van der Waals surface area contributed by atoms with Gasteiger partial charge in [0.25, 0.3) is 0 Å². The normalized spacial score (nSPS) is 25.5. The summed E-state index contributed by atoms with van der Waals surface area (Å²) in [7, 11) is 3.09. The van der Waals surface area contributed by atoms with E-state index in [1.807, 2.05) is 12.1 Å². The van der Waals surface area contributed by atoms with Crippen LogP contribution in [0.2, 0.25) is 0 Å².